The third kappa shape index (κ3) is 10.4. The van der Waals surface area contributed by atoms with Crippen LogP contribution in [0.5, 0.6) is 0 Å². The molecule has 19 heavy (non-hydrogen) atoms. The van der Waals surface area contributed by atoms with E-state index in [1.165, 1.54) is 0 Å². The SMILES string of the molecule is CC[N+]1(C(C)OC)CCOCC1.F[P-](F)(F)(F)(F)F. The molecule has 0 radical (unpaired) electrons. The van der Waals surface area contributed by atoms with Gasteiger partial charge < -0.3 is 9.47 Å². The van der Waals surface area contributed by atoms with Crippen molar-refractivity contribution in [1.29, 1.82) is 0 Å². The molecule has 0 spiro atoms. The molecule has 0 amide bonds. The van der Waals surface area contributed by atoms with Crippen LogP contribution >= 0.6 is 7.81 Å². The van der Waals surface area contributed by atoms with Crippen molar-refractivity contribution in [3.63, 3.8) is 0 Å². The molecular weight excluding hydrogens is 299 g/mol. The van der Waals surface area contributed by atoms with Gasteiger partial charge in [-0.15, -0.1) is 0 Å². The van der Waals surface area contributed by atoms with Crippen LogP contribution in [0.3, 0.4) is 0 Å². The van der Waals surface area contributed by atoms with E-state index >= 15 is 0 Å². The maximum atomic E-state index is 9.87. The van der Waals surface area contributed by atoms with E-state index in [0.717, 1.165) is 37.3 Å². The van der Waals surface area contributed by atoms with Gasteiger partial charge in [-0.3, -0.25) is 4.48 Å². The number of ether oxygens (including phenoxy) is 2. The molecule has 0 aromatic carbocycles. The Kier molecular flexibility index (Phi) is 5.32. The number of methoxy groups -OCH3 is 1. The average Bonchev–Trinajstić information content (AvgIpc) is 2.24. The number of quaternary nitrogens is 1. The summed E-state index contributed by atoms with van der Waals surface area (Å²) in [6.45, 7) is 9.44. The average molecular weight is 319 g/mol. The van der Waals surface area contributed by atoms with E-state index in [1.54, 1.807) is 7.11 Å². The van der Waals surface area contributed by atoms with Crippen molar-refractivity contribution in [2.24, 2.45) is 0 Å². The molecule has 0 aromatic rings. The molecule has 0 aliphatic carbocycles. The number of hydrogen-bond acceptors (Lipinski definition) is 2. The normalized spacial score (nSPS) is 24.5. The number of nitrogens with zero attached hydrogens (tertiary/aromatic N) is 1. The van der Waals surface area contributed by atoms with Crippen LogP contribution in [0.15, 0.2) is 0 Å². The van der Waals surface area contributed by atoms with Gasteiger partial charge >= 0.3 is 33.0 Å². The van der Waals surface area contributed by atoms with Gasteiger partial charge in [0.1, 0.15) is 13.1 Å². The molecule has 0 saturated carbocycles. The van der Waals surface area contributed by atoms with Gasteiger partial charge in [-0.1, -0.05) is 0 Å². The van der Waals surface area contributed by atoms with Gasteiger partial charge in [0, 0.05) is 14.0 Å². The summed E-state index contributed by atoms with van der Waals surface area (Å²) in [5, 5.41) is 0. The van der Waals surface area contributed by atoms with Gasteiger partial charge in [0.25, 0.3) is 0 Å². The number of rotatable bonds is 3. The van der Waals surface area contributed by atoms with E-state index < -0.39 is 7.81 Å². The van der Waals surface area contributed by atoms with Gasteiger partial charge in [0.05, 0.1) is 19.8 Å². The van der Waals surface area contributed by atoms with Crippen molar-refractivity contribution < 1.29 is 39.1 Å². The van der Waals surface area contributed by atoms with Crippen LogP contribution in [0.1, 0.15) is 13.8 Å². The fraction of sp³-hybridized carbons (Fsp3) is 1.00. The van der Waals surface area contributed by atoms with Crippen LogP contribution in [0.2, 0.25) is 0 Å². The van der Waals surface area contributed by atoms with Gasteiger partial charge in [0.15, 0.2) is 6.23 Å². The molecule has 3 nitrogen and oxygen atoms in total. The second-order valence-corrected chi connectivity index (χ2v) is 6.30. The molecule has 1 heterocycles. The second kappa shape index (κ2) is 5.35. The summed E-state index contributed by atoms with van der Waals surface area (Å²) in [5.41, 5.74) is 0. The molecular formula is C9H20F6NO2P. The molecule has 10 heteroatoms. The van der Waals surface area contributed by atoms with Crippen molar-refractivity contribution >= 4 is 7.81 Å². The van der Waals surface area contributed by atoms with E-state index in [0.29, 0.717) is 6.23 Å². The summed E-state index contributed by atoms with van der Waals surface area (Å²) in [4.78, 5) is 0. The van der Waals surface area contributed by atoms with Crippen molar-refractivity contribution in [1.82, 2.24) is 0 Å². The molecule has 1 aliphatic heterocycles. The van der Waals surface area contributed by atoms with Crippen LogP contribution in [0.4, 0.5) is 25.2 Å². The van der Waals surface area contributed by atoms with Crippen molar-refractivity contribution in [2.45, 2.75) is 20.1 Å². The molecule has 1 aliphatic rings. The summed E-state index contributed by atoms with van der Waals surface area (Å²) in [6, 6.07) is 0. The van der Waals surface area contributed by atoms with E-state index in [2.05, 4.69) is 13.8 Å². The topological polar surface area (TPSA) is 18.5 Å². The van der Waals surface area contributed by atoms with Crippen molar-refractivity contribution in [2.75, 3.05) is 40.0 Å². The molecule has 0 N–H and O–H groups in total. The van der Waals surface area contributed by atoms with Crippen LogP contribution in [-0.4, -0.2) is 50.7 Å². The summed E-state index contributed by atoms with van der Waals surface area (Å²) in [7, 11) is -8.87. The van der Waals surface area contributed by atoms with Crippen LogP contribution in [-0.2, 0) is 9.47 Å². The quantitative estimate of drug-likeness (QED) is 0.440. The molecule has 120 valence electrons. The van der Waals surface area contributed by atoms with Gasteiger partial charge in [-0.2, -0.15) is 0 Å². The first-order valence-electron chi connectivity index (χ1n) is 5.73. The number of hydrogen-bond donors (Lipinski definition) is 0. The minimum atomic E-state index is -10.7. The first-order chi connectivity index (χ1) is 8.20. The van der Waals surface area contributed by atoms with Crippen molar-refractivity contribution in [3.8, 4) is 0 Å². The molecule has 1 atom stereocenters. The Labute approximate surface area is 108 Å². The van der Waals surface area contributed by atoms with Gasteiger partial charge in [0.2, 0.25) is 0 Å². The van der Waals surface area contributed by atoms with Crippen LogP contribution in [0.25, 0.3) is 0 Å². The van der Waals surface area contributed by atoms with Gasteiger partial charge in [-0.05, 0) is 6.92 Å². The fourth-order valence-corrected chi connectivity index (χ4v) is 1.87. The minimum absolute atomic E-state index is 0.305. The van der Waals surface area contributed by atoms with E-state index in [4.69, 9.17) is 9.47 Å². The Bertz CT molecular complexity index is 275. The third-order valence-electron chi connectivity index (χ3n) is 3.10. The van der Waals surface area contributed by atoms with Crippen molar-refractivity contribution in [3.05, 3.63) is 0 Å². The Morgan fingerprint density at radius 3 is 1.74 bits per heavy atom. The first-order valence-corrected chi connectivity index (χ1v) is 7.76. The van der Waals surface area contributed by atoms with Crippen LogP contribution < -0.4 is 0 Å². The molecule has 1 saturated heterocycles. The Morgan fingerprint density at radius 2 is 1.47 bits per heavy atom. The van der Waals surface area contributed by atoms with E-state index in [1.807, 2.05) is 0 Å². The zero-order chi connectivity index (χ0) is 15.4. The zero-order valence-electron chi connectivity index (χ0n) is 11.1. The molecule has 0 aromatic heterocycles. The summed E-state index contributed by atoms with van der Waals surface area (Å²) >= 11 is 0. The Morgan fingerprint density at radius 1 is 1.11 bits per heavy atom. The number of likely N-dealkylation sites (N-methyl/N-ethyl adjacent to an activating group) is 1. The second-order valence-electron chi connectivity index (χ2n) is 4.39. The Hall–Kier alpha value is -0.110. The molecule has 1 rings (SSSR count). The van der Waals surface area contributed by atoms with E-state index in [-0.39, 0.29) is 0 Å². The zero-order valence-corrected chi connectivity index (χ0v) is 12.0. The van der Waals surface area contributed by atoms with Crippen LogP contribution in [0, 0.1) is 0 Å². The molecule has 1 unspecified atom stereocenters. The summed E-state index contributed by atoms with van der Waals surface area (Å²) < 4.78 is 71.0. The standard InChI is InChI=1S/C9H20NO2.F6P/c1-4-10(9(2)11-3)5-7-12-8-6-10;1-7(2,3,4,5)6/h9H,4-8H2,1-3H3;/q+1;-1. The first kappa shape index (κ1) is 18.9. The third-order valence-corrected chi connectivity index (χ3v) is 3.10. The number of halogens is 6. The maximum absolute atomic E-state index is 10.7. The predicted octanol–water partition coefficient (Wildman–Crippen LogP) is 4.23. The fourth-order valence-electron chi connectivity index (χ4n) is 1.87. The van der Waals surface area contributed by atoms with E-state index in [9.17, 15) is 25.2 Å². The predicted molar refractivity (Wildman–Crippen MR) is 61.4 cm³/mol. The molecule has 1 fully saturated rings. The molecule has 0 bridgehead atoms. The monoisotopic (exact) mass is 319 g/mol. The summed E-state index contributed by atoms with van der Waals surface area (Å²) in [6.07, 6.45) is 0.305. The number of morpholine rings is 1. The summed E-state index contributed by atoms with van der Waals surface area (Å²) in [5.74, 6) is 0. The Balaban J connectivity index is 0.000000399. The van der Waals surface area contributed by atoms with Gasteiger partial charge in [-0.25, -0.2) is 0 Å².